The van der Waals surface area contributed by atoms with Crippen molar-refractivity contribution in [3.05, 3.63) is 66.0 Å². The molecular formula is C25H29N5O3. The van der Waals surface area contributed by atoms with Crippen LogP contribution < -0.4 is 20.3 Å². The van der Waals surface area contributed by atoms with Crippen LogP contribution in [0.3, 0.4) is 0 Å². The van der Waals surface area contributed by atoms with Gasteiger partial charge in [0.15, 0.2) is 0 Å². The van der Waals surface area contributed by atoms with Gasteiger partial charge in [0.2, 0.25) is 5.91 Å². The van der Waals surface area contributed by atoms with Crippen LogP contribution in [0.25, 0.3) is 0 Å². The second-order valence-corrected chi connectivity index (χ2v) is 7.86. The number of carbonyl (C=O) groups excluding carboxylic acids is 1. The van der Waals surface area contributed by atoms with E-state index in [9.17, 15) is 4.79 Å². The Morgan fingerprint density at radius 1 is 1.03 bits per heavy atom. The molecule has 0 unspecified atom stereocenters. The first kappa shape index (κ1) is 22.5. The molecule has 2 heterocycles. The van der Waals surface area contributed by atoms with Crippen LogP contribution in [0.15, 0.2) is 54.6 Å². The van der Waals surface area contributed by atoms with E-state index in [0.29, 0.717) is 31.9 Å². The summed E-state index contributed by atoms with van der Waals surface area (Å²) in [7, 11) is 1.64. The number of methoxy groups -OCH3 is 1. The minimum Gasteiger partial charge on any atom is -0.497 e. The summed E-state index contributed by atoms with van der Waals surface area (Å²) in [4.78, 5) is 23.6. The Bertz CT molecular complexity index is 1060. The molecule has 2 aromatic carbocycles. The van der Waals surface area contributed by atoms with Crippen molar-refractivity contribution in [2.24, 2.45) is 0 Å². The van der Waals surface area contributed by atoms with Crippen LogP contribution in [-0.4, -0.2) is 49.3 Å². The number of nitrogens with one attached hydrogen (secondary N) is 2. The maximum atomic E-state index is 12.3. The first-order chi connectivity index (χ1) is 16.1. The van der Waals surface area contributed by atoms with Crippen LogP contribution in [0.2, 0.25) is 0 Å². The van der Waals surface area contributed by atoms with Crippen molar-refractivity contribution in [2.75, 3.05) is 48.9 Å². The summed E-state index contributed by atoms with van der Waals surface area (Å²) >= 11 is 0. The molecule has 0 saturated carbocycles. The molecule has 0 radical (unpaired) electrons. The molecule has 4 rings (SSSR count). The Morgan fingerprint density at radius 3 is 2.42 bits per heavy atom. The van der Waals surface area contributed by atoms with Gasteiger partial charge in [0.05, 0.1) is 20.3 Å². The van der Waals surface area contributed by atoms with E-state index in [1.54, 1.807) is 7.11 Å². The molecule has 1 aliphatic heterocycles. The molecule has 1 saturated heterocycles. The van der Waals surface area contributed by atoms with E-state index in [2.05, 4.69) is 25.5 Å². The zero-order valence-corrected chi connectivity index (χ0v) is 19.0. The summed E-state index contributed by atoms with van der Waals surface area (Å²) in [5.74, 6) is 3.14. The van der Waals surface area contributed by atoms with Gasteiger partial charge in [-0.15, -0.1) is 0 Å². The molecule has 0 bridgehead atoms. The molecule has 3 aromatic rings. The number of benzene rings is 2. The highest BCUT2D eigenvalue weighted by Gasteiger charge is 2.14. The van der Waals surface area contributed by atoms with Gasteiger partial charge >= 0.3 is 0 Å². The second kappa shape index (κ2) is 10.8. The zero-order valence-electron chi connectivity index (χ0n) is 19.0. The molecule has 8 heteroatoms. The van der Waals surface area contributed by atoms with E-state index in [-0.39, 0.29) is 5.91 Å². The van der Waals surface area contributed by atoms with Crippen molar-refractivity contribution >= 4 is 28.9 Å². The molecule has 0 atom stereocenters. The molecular weight excluding hydrogens is 418 g/mol. The Labute approximate surface area is 194 Å². The molecule has 1 amide bonds. The summed E-state index contributed by atoms with van der Waals surface area (Å²) in [6, 6.07) is 17.3. The smallest absolute Gasteiger partial charge is 0.224 e. The Kier molecular flexibility index (Phi) is 7.36. The number of hydrogen-bond acceptors (Lipinski definition) is 7. The van der Waals surface area contributed by atoms with Crippen molar-refractivity contribution in [1.29, 1.82) is 0 Å². The molecule has 8 nitrogen and oxygen atoms in total. The predicted molar refractivity (Wildman–Crippen MR) is 129 cm³/mol. The fourth-order valence-corrected chi connectivity index (χ4v) is 3.63. The third-order valence-electron chi connectivity index (χ3n) is 5.40. The number of anilines is 4. The zero-order chi connectivity index (χ0) is 23.0. The number of ether oxygens (including phenoxy) is 2. The van der Waals surface area contributed by atoms with Crippen molar-refractivity contribution < 1.29 is 14.3 Å². The van der Waals surface area contributed by atoms with Gasteiger partial charge in [-0.3, -0.25) is 4.79 Å². The van der Waals surface area contributed by atoms with Gasteiger partial charge in [-0.05, 0) is 55.3 Å². The van der Waals surface area contributed by atoms with Gasteiger partial charge in [0, 0.05) is 37.0 Å². The summed E-state index contributed by atoms with van der Waals surface area (Å²) in [5.41, 5.74) is 2.74. The van der Waals surface area contributed by atoms with Gasteiger partial charge in [-0.1, -0.05) is 12.1 Å². The molecule has 1 aromatic heterocycles. The quantitative estimate of drug-likeness (QED) is 0.541. The molecule has 172 valence electrons. The number of hydrogen-bond donors (Lipinski definition) is 2. The SMILES string of the molecule is COc1ccc(CCC(=O)Nc2ccc(Nc3cc(N4CCOCC4)nc(C)n3)cc2)cc1. The highest BCUT2D eigenvalue weighted by molar-refractivity contribution is 5.91. The number of carbonyl (C=O) groups is 1. The number of rotatable bonds is 8. The van der Waals surface area contributed by atoms with E-state index in [4.69, 9.17) is 9.47 Å². The lowest BCUT2D eigenvalue weighted by Crippen LogP contribution is -2.36. The van der Waals surface area contributed by atoms with Crippen LogP contribution in [0, 0.1) is 6.92 Å². The average molecular weight is 448 g/mol. The van der Waals surface area contributed by atoms with Gasteiger partial charge in [-0.2, -0.15) is 0 Å². The third-order valence-corrected chi connectivity index (χ3v) is 5.40. The van der Waals surface area contributed by atoms with Gasteiger partial charge in [0.1, 0.15) is 23.2 Å². The predicted octanol–water partition coefficient (Wildman–Crippen LogP) is 3.95. The summed E-state index contributed by atoms with van der Waals surface area (Å²) in [6.45, 7) is 4.95. The van der Waals surface area contributed by atoms with Gasteiger partial charge in [0.25, 0.3) is 0 Å². The molecule has 1 fully saturated rings. The first-order valence-electron chi connectivity index (χ1n) is 11.1. The maximum Gasteiger partial charge on any atom is 0.224 e. The van der Waals surface area contributed by atoms with E-state index < -0.39 is 0 Å². The monoisotopic (exact) mass is 447 g/mol. The van der Waals surface area contributed by atoms with Crippen molar-refractivity contribution in [3.63, 3.8) is 0 Å². The molecule has 33 heavy (non-hydrogen) atoms. The molecule has 0 spiro atoms. The number of amides is 1. The summed E-state index contributed by atoms with van der Waals surface area (Å²) < 4.78 is 10.6. The first-order valence-corrected chi connectivity index (χ1v) is 11.1. The minimum atomic E-state index is -0.0203. The maximum absolute atomic E-state index is 12.3. The molecule has 2 N–H and O–H groups in total. The lowest BCUT2D eigenvalue weighted by Gasteiger charge is -2.28. The van der Waals surface area contributed by atoms with Crippen LogP contribution in [0.1, 0.15) is 17.8 Å². The number of aryl methyl sites for hydroxylation is 2. The van der Waals surface area contributed by atoms with E-state index >= 15 is 0 Å². The molecule has 0 aliphatic carbocycles. The second-order valence-electron chi connectivity index (χ2n) is 7.86. The topological polar surface area (TPSA) is 88.6 Å². The van der Waals surface area contributed by atoms with Gasteiger partial charge < -0.3 is 25.0 Å². The highest BCUT2D eigenvalue weighted by Crippen LogP contribution is 2.22. The van der Waals surface area contributed by atoms with E-state index in [1.165, 1.54) is 0 Å². The fourth-order valence-electron chi connectivity index (χ4n) is 3.63. The lowest BCUT2D eigenvalue weighted by molar-refractivity contribution is -0.116. The summed E-state index contributed by atoms with van der Waals surface area (Å²) in [6.07, 6.45) is 1.09. The van der Waals surface area contributed by atoms with Crippen molar-refractivity contribution in [3.8, 4) is 5.75 Å². The average Bonchev–Trinajstić information content (AvgIpc) is 2.84. The Hall–Kier alpha value is -3.65. The van der Waals surface area contributed by atoms with E-state index in [1.807, 2.05) is 61.5 Å². The lowest BCUT2D eigenvalue weighted by atomic mass is 10.1. The Morgan fingerprint density at radius 2 is 1.73 bits per heavy atom. The standard InChI is InChI=1S/C25H29N5O3/c1-18-26-23(17-24(27-18)30-13-15-33-16-14-30)28-20-6-8-21(9-7-20)29-25(31)12-5-19-3-10-22(32-2)11-4-19/h3-4,6-11,17H,5,12-16H2,1-2H3,(H,29,31)(H,26,27,28). The van der Waals surface area contributed by atoms with Gasteiger partial charge in [-0.25, -0.2) is 9.97 Å². The fraction of sp³-hybridized carbons (Fsp3) is 0.320. The Balaban J connectivity index is 1.31. The van der Waals surface area contributed by atoms with Crippen molar-refractivity contribution in [2.45, 2.75) is 19.8 Å². The third kappa shape index (κ3) is 6.43. The normalized spacial score (nSPS) is 13.5. The summed E-state index contributed by atoms with van der Waals surface area (Å²) in [5, 5.41) is 6.28. The van der Waals surface area contributed by atoms with Crippen molar-refractivity contribution in [1.82, 2.24) is 9.97 Å². The minimum absolute atomic E-state index is 0.0203. The molecule has 1 aliphatic rings. The largest absolute Gasteiger partial charge is 0.497 e. The number of morpholine rings is 1. The highest BCUT2D eigenvalue weighted by atomic mass is 16.5. The van der Waals surface area contributed by atoms with E-state index in [0.717, 1.165) is 47.4 Å². The van der Waals surface area contributed by atoms with Crippen LogP contribution in [-0.2, 0) is 16.0 Å². The van der Waals surface area contributed by atoms with Crippen LogP contribution >= 0.6 is 0 Å². The number of aromatic nitrogens is 2. The number of nitrogens with zero attached hydrogens (tertiary/aromatic N) is 3. The van der Waals surface area contributed by atoms with Crippen LogP contribution in [0.5, 0.6) is 5.75 Å². The van der Waals surface area contributed by atoms with Crippen LogP contribution in [0.4, 0.5) is 23.0 Å².